The van der Waals surface area contributed by atoms with Gasteiger partial charge in [0.25, 0.3) is 5.91 Å². The molecule has 0 bridgehead atoms. The molecule has 2 aromatic heterocycles. The van der Waals surface area contributed by atoms with Gasteiger partial charge in [0, 0.05) is 0 Å². The van der Waals surface area contributed by atoms with Crippen LogP contribution in [0, 0.1) is 13.8 Å². The zero-order chi connectivity index (χ0) is 14.3. The van der Waals surface area contributed by atoms with Gasteiger partial charge in [0.1, 0.15) is 10.4 Å². The van der Waals surface area contributed by atoms with Crippen LogP contribution in [0.3, 0.4) is 0 Å². The van der Waals surface area contributed by atoms with Crippen molar-refractivity contribution in [1.82, 2.24) is 9.97 Å². The second-order valence-corrected chi connectivity index (χ2v) is 6.85. The van der Waals surface area contributed by atoms with E-state index in [-0.39, 0.29) is 5.91 Å². The van der Waals surface area contributed by atoms with Gasteiger partial charge in [-0.1, -0.05) is 29.0 Å². The van der Waals surface area contributed by atoms with Crippen LogP contribution in [-0.4, -0.2) is 15.9 Å². The largest absolute Gasteiger partial charge is 0.297 e. The van der Waals surface area contributed by atoms with Crippen LogP contribution >= 0.6 is 34.3 Å². The summed E-state index contributed by atoms with van der Waals surface area (Å²) < 4.78 is 0.949. The monoisotopic (exact) mass is 323 g/mol. The first-order valence-corrected chi connectivity index (χ1v) is 7.86. The van der Waals surface area contributed by atoms with Gasteiger partial charge in [0.2, 0.25) is 0 Å². The van der Waals surface area contributed by atoms with Gasteiger partial charge < -0.3 is 0 Å². The lowest BCUT2D eigenvalue weighted by atomic mass is 10.3. The van der Waals surface area contributed by atoms with E-state index in [1.165, 1.54) is 22.7 Å². The van der Waals surface area contributed by atoms with Crippen LogP contribution in [0.25, 0.3) is 10.2 Å². The molecule has 0 saturated carbocycles. The Morgan fingerprint density at radius 3 is 2.70 bits per heavy atom. The van der Waals surface area contributed by atoms with Gasteiger partial charge >= 0.3 is 0 Å². The molecule has 0 fully saturated rings. The summed E-state index contributed by atoms with van der Waals surface area (Å²) in [6.07, 6.45) is 0. The summed E-state index contributed by atoms with van der Waals surface area (Å²) in [5, 5.41) is 4.82. The Labute approximate surface area is 128 Å². The molecule has 0 atom stereocenters. The number of rotatable bonds is 2. The van der Waals surface area contributed by atoms with E-state index in [0.29, 0.717) is 20.5 Å². The first-order valence-electron chi connectivity index (χ1n) is 5.85. The fraction of sp³-hybridized carbons (Fsp3) is 0.154. The van der Waals surface area contributed by atoms with Crippen molar-refractivity contribution >= 4 is 55.5 Å². The lowest BCUT2D eigenvalue weighted by Gasteiger charge is -1.98. The van der Waals surface area contributed by atoms with Gasteiger partial charge in [0.05, 0.1) is 20.4 Å². The number of amides is 1. The number of carbonyl (C=O) groups is 1. The number of thiazole rings is 2. The van der Waals surface area contributed by atoms with Gasteiger partial charge in [-0.05, 0) is 26.0 Å². The third-order valence-corrected chi connectivity index (χ3v) is 5.01. The van der Waals surface area contributed by atoms with E-state index < -0.39 is 0 Å². The first-order chi connectivity index (χ1) is 9.54. The minimum absolute atomic E-state index is 0.178. The molecule has 0 unspecified atom stereocenters. The topological polar surface area (TPSA) is 54.9 Å². The molecular formula is C13H10ClN3OS2. The summed E-state index contributed by atoms with van der Waals surface area (Å²) in [6, 6.07) is 5.58. The third kappa shape index (κ3) is 2.42. The summed E-state index contributed by atoms with van der Waals surface area (Å²) in [5.41, 5.74) is 1.45. The van der Waals surface area contributed by atoms with Gasteiger partial charge in [-0.15, -0.1) is 11.3 Å². The van der Waals surface area contributed by atoms with Gasteiger partial charge in [0.15, 0.2) is 5.13 Å². The minimum Gasteiger partial charge on any atom is -0.297 e. The number of anilines is 1. The van der Waals surface area contributed by atoms with Crippen molar-refractivity contribution in [3.63, 3.8) is 0 Å². The van der Waals surface area contributed by atoms with E-state index in [9.17, 15) is 4.79 Å². The van der Waals surface area contributed by atoms with E-state index in [1.54, 1.807) is 6.07 Å². The molecule has 1 aromatic carbocycles. The fourth-order valence-electron chi connectivity index (χ4n) is 1.86. The third-order valence-electron chi connectivity index (χ3n) is 2.70. The molecule has 3 rings (SSSR count). The minimum atomic E-state index is -0.178. The van der Waals surface area contributed by atoms with Crippen LogP contribution in [0.2, 0.25) is 5.02 Å². The van der Waals surface area contributed by atoms with Gasteiger partial charge in [-0.25, -0.2) is 9.97 Å². The van der Waals surface area contributed by atoms with Crippen molar-refractivity contribution in [3.8, 4) is 0 Å². The summed E-state index contributed by atoms with van der Waals surface area (Å²) in [4.78, 5) is 21.4. The van der Waals surface area contributed by atoms with Crippen LogP contribution in [0.5, 0.6) is 0 Å². The van der Waals surface area contributed by atoms with Gasteiger partial charge in [-0.2, -0.15) is 0 Å². The molecule has 2 heterocycles. The number of halogens is 1. The summed E-state index contributed by atoms with van der Waals surface area (Å²) in [6.45, 7) is 3.71. The number of nitrogens with zero attached hydrogens (tertiary/aromatic N) is 2. The Morgan fingerprint density at radius 2 is 2.05 bits per heavy atom. The molecule has 0 saturated heterocycles. The predicted octanol–water partition coefficient (Wildman–Crippen LogP) is 4.28. The standard InChI is InChI=1S/C13H10ClN3OS2/c1-6-11(19-7(2)15-6)12(18)17-13-16-10-8(14)4-3-5-9(10)20-13/h3-5H,1-2H3,(H,16,17,18). The second kappa shape index (κ2) is 5.12. The number of nitrogens with one attached hydrogen (secondary N) is 1. The highest BCUT2D eigenvalue weighted by Crippen LogP contribution is 2.31. The quantitative estimate of drug-likeness (QED) is 0.766. The molecule has 1 amide bonds. The maximum Gasteiger partial charge on any atom is 0.269 e. The van der Waals surface area contributed by atoms with Crippen LogP contribution in [0.4, 0.5) is 5.13 Å². The average Bonchev–Trinajstić information content (AvgIpc) is 2.93. The Bertz CT molecular complexity index is 809. The number of para-hydroxylation sites is 1. The van der Waals surface area contributed by atoms with Crippen molar-refractivity contribution in [2.45, 2.75) is 13.8 Å². The molecule has 0 aliphatic carbocycles. The van der Waals surface area contributed by atoms with Crippen LogP contribution in [0.15, 0.2) is 18.2 Å². The van der Waals surface area contributed by atoms with E-state index in [2.05, 4.69) is 15.3 Å². The predicted molar refractivity (Wildman–Crippen MR) is 84.2 cm³/mol. The molecule has 0 aliphatic heterocycles. The molecule has 0 radical (unpaired) electrons. The number of aromatic nitrogens is 2. The molecule has 3 aromatic rings. The zero-order valence-corrected chi connectivity index (χ0v) is 13.1. The molecule has 0 aliphatic rings. The van der Waals surface area contributed by atoms with Crippen molar-refractivity contribution in [1.29, 1.82) is 0 Å². The number of carbonyl (C=O) groups excluding carboxylic acids is 1. The van der Waals surface area contributed by atoms with Crippen LogP contribution in [0.1, 0.15) is 20.4 Å². The molecule has 20 heavy (non-hydrogen) atoms. The highest BCUT2D eigenvalue weighted by atomic mass is 35.5. The van der Waals surface area contributed by atoms with E-state index in [0.717, 1.165) is 15.4 Å². The smallest absolute Gasteiger partial charge is 0.269 e. The van der Waals surface area contributed by atoms with E-state index in [1.807, 2.05) is 26.0 Å². The van der Waals surface area contributed by atoms with Crippen molar-refractivity contribution in [3.05, 3.63) is 38.8 Å². The lowest BCUT2D eigenvalue weighted by molar-refractivity contribution is 0.103. The first kappa shape index (κ1) is 13.5. The number of fused-ring (bicyclic) bond motifs is 1. The Hall–Kier alpha value is -1.50. The molecule has 4 nitrogen and oxygen atoms in total. The normalized spacial score (nSPS) is 10.9. The second-order valence-electron chi connectivity index (χ2n) is 4.21. The summed E-state index contributed by atoms with van der Waals surface area (Å²) >= 11 is 8.86. The van der Waals surface area contributed by atoms with Crippen LogP contribution < -0.4 is 5.32 Å². The Balaban J connectivity index is 1.91. The summed E-state index contributed by atoms with van der Waals surface area (Å²) in [5.74, 6) is -0.178. The van der Waals surface area contributed by atoms with Crippen molar-refractivity contribution < 1.29 is 4.79 Å². The van der Waals surface area contributed by atoms with Crippen LogP contribution in [-0.2, 0) is 0 Å². The van der Waals surface area contributed by atoms with E-state index >= 15 is 0 Å². The summed E-state index contributed by atoms with van der Waals surface area (Å²) in [7, 11) is 0. The SMILES string of the molecule is Cc1nc(C)c(C(=O)Nc2nc3c(Cl)cccc3s2)s1. The number of aryl methyl sites for hydroxylation is 2. The maximum absolute atomic E-state index is 12.2. The Kier molecular flexibility index (Phi) is 3.45. The molecule has 7 heteroatoms. The lowest BCUT2D eigenvalue weighted by Crippen LogP contribution is -2.11. The molecule has 1 N–H and O–H groups in total. The average molecular weight is 324 g/mol. The van der Waals surface area contributed by atoms with E-state index in [4.69, 9.17) is 11.6 Å². The number of hydrogen-bond donors (Lipinski definition) is 1. The number of benzene rings is 1. The molecule has 102 valence electrons. The number of hydrogen-bond acceptors (Lipinski definition) is 5. The Morgan fingerprint density at radius 1 is 1.25 bits per heavy atom. The van der Waals surface area contributed by atoms with Gasteiger partial charge in [-0.3, -0.25) is 10.1 Å². The van der Waals surface area contributed by atoms with Crippen molar-refractivity contribution in [2.75, 3.05) is 5.32 Å². The molecular weight excluding hydrogens is 314 g/mol. The maximum atomic E-state index is 12.2. The fourth-order valence-corrected chi connectivity index (χ4v) is 3.84. The highest BCUT2D eigenvalue weighted by Gasteiger charge is 2.16. The molecule has 0 spiro atoms. The zero-order valence-electron chi connectivity index (χ0n) is 10.7. The highest BCUT2D eigenvalue weighted by molar-refractivity contribution is 7.22. The van der Waals surface area contributed by atoms with Crippen molar-refractivity contribution in [2.24, 2.45) is 0 Å².